The van der Waals surface area contributed by atoms with E-state index in [-0.39, 0.29) is 5.82 Å². The highest BCUT2D eigenvalue weighted by atomic mass is 32.2. The molecule has 1 saturated heterocycles. The summed E-state index contributed by atoms with van der Waals surface area (Å²) in [4.78, 5) is 2.43. The number of thioether (sulfide) groups is 1. The summed E-state index contributed by atoms with van der Waals surface area (Å²) in [7, 11) is 1.68. The molecule has 1 aromatic heterocycles. The predicted molar refractivity (Wildman–Crippen MR) is 118 cm³/mol. The smallest absolute Gasteiger partial charge is 0.195 e. The second kappa shape index (κ2) is 10.1. The lowest BCUT2D eigenvalue weighted by Crippen LogP contribution is -2.30. The Morgan fingerprint density at radius 1 is 0.967 bits per heavy atom. The van der Waals surface area contributed by atoms with Crippen LogP contribution in [0.15, 0.2) is 53.7 Å². The van der Waals surface area contributed by atoms with Gasteiger partial charge in [-0.2, -0.15) is 0 Å². The summed E-state index contributed by atoms with van der Waals surface area (Å²) in [5, 5.41) is 9.82. The minimum Gasteiger partial charge on any atom is -0.497 e. The predicted octanol–water partition coefficient (Wildman–Crippen LogP) is 4.74. The fraction of sp³-hybridized carbons (Fsp3) is 0.391. The average molecular weight is 427 g/mol. The van der Waals surface area contributed by atoms with Crippen LogP contribution in [-0.2, 0) is 13.0 Å². The monoisotopic (exact) mass is 426 g/mol. The van der Waals surface area contributed by atoms with Gasteiger partial charge in [-0.25, -0.2) is 4.39 Å². The Labute approximate surface area is 181 Å². The van der Waals surface area contributed by atoms with Crippen LogP contribution in [0.5, 0.6) is 5.75 Å². The average Bonchev–Trinajstić information content (AvgIpc) is 3.18. The molecule has 0 amide bonds. The molecule has 0 atom stereocenters. The number of aromatic nitrogens is 3. The number of hydrogen-bond acceptors (Lipinski definition) is 5. The third-order valence-electron chi connectivity index (χ3n) is 5.38. The Balaban J connectivity index is 1.50. The van der Waals surface area contributed by atoms with Crippen LogP contribution >= 0.6 is 11.8 Å². The van der Waals surface area contributed by atoms with E-state index in [0.717, 1.165) is 54.2 Å². The molecule has 3 aromatic rings. The van der Waals surface area contributed by atoms with E-state index >= 15 is 0 Å². The molecule has 0 N–H and O–H groups in total. The maximum atomic E-state index is 13.5. The van der Waals surface area contributed by atoms with Crippen LogP contribution in [0, 0.1) is 5.82 Å². The summed E-state index contributed by atoms with van der Waals surface area (Å²) in [6.07, 6.45) is 4.68. The minimum absolute atomic E-state index is 0.238. The number of hydrogen-bond donors (Lipinski definition) is 0. The molecule has 0 spiro atoms. The molecule has 0 unspecified atom stereocenters. The first kappa shape index (κ1) is 20.9. The Kier molecular flexibility index (Phi) is 7.02. The number of methoxy groups -OCH3 is 1. The number of halogens is 1. The largest absolute Gasteiger partial charge is 0.497 e. The summed E-state index contributed by atoms with van der Waals surface area (Å²) in [5.41, 5.74) is 2.16. The van der Waals surface area contributed by atoms with E-state index < -0.39 is 0 Å². The van der Waals surface area contributed by atoms with Crippen molar-refractivity contribution in [1.82, 2.24) is 19.7 Å². The van der Waals surface area contributed by atoms with Gasteiger partial charge in [-0.15, -0.1) is 10.2 Å². The van der Waals surface area contributed by atoms with Gasteiger partial charge in [0, 0.05) is 11.4 Å². The third kappa shape index (κ3) is 5.21. The SMILES string of the molecule is COc1ccc(CCSc2nnc(CN3CCCCC3)n2-c2ccc(F)cc2)cc1. The molecule has 2 heterocycles. The lowest BCUT2D eigenvalue weighted by atomic mass is 10.1. The molecule has 1 aliphatic heterocycles. The number of ether oxygens (including phenoxy) is 1. The first-order valence-corrected chi connectivity index (χ1v) is 11.4. The zero-order chi connectivity index (χ0) is 20.8. The molecule has 1 aliphatic rings. The van der Waals surface area contributed by atoms with Crippen molar-refractivity contribution < 1.29 is 9.13 Å². The van der Waals surface area contributed by atoms with Crippen LogP contribution in [0.25, 0.3) is 5.69 Å². The molecule has 4 rings (SSSR count). The molecule has 1 fully saturated rings. The van der Waals surface area contributed by atoms with Gasteiger partial charge in [0.15, 0.2) is 11.0 Å². The third-order valence-corrected chi connectivity index (χ3v) is 6.31. The Morgan fingerprint density at radius 3 is 2.40 bits per heavy atom. The fourth-order valence-corrected chi connectivity index (χ4v) is 4.67. The van der Waals surface area contributed by atoms with E-state index in [4.69, 9.17) is 4.74 Å². The van der Waals surface area contributed by atoms with Gasteiger partial charge in [0.05, 0.1) is 13.7 Å². The van der Waals surface area contributed by atoms with Gasteiger partial charge in [-0.05, 0) is 74.3 Å². The van der Waals surface area contributed by atoms with E-state index in [9.17, 15) is 4.39 Å². The number of aryl methyl sites for hydroxylation is 1. The molecule has 0 bridgehead atoms. The van der Waals surface area contributed by atoms with Crippen LogP contribution in [0.3, 0.4) is 0 Å². The summed E-state index contributed by atoms with van der Waals surface area (Å²) in [5.74, 6) is 2.42. The van der Waals surface area contributed by atoms with Crippen molar-refractivity contribution in [1.29, 1.82) is 0 Å². The lowest BCUT2D eigenvalue weighted by Gasteiger charge is -2.26. The highest BCUT2D eigenvalue weighted by molar-refractivity contribution is 7.99. The minimum atomic E-state index is -0.238. The number of piperidine rings is 1. The molecule has 7 heteroatoms. The summed E-state index contributed by atoms with van der Waals surface area (Å²) in [6.45, 7) is 2.95. The molecule has 5 nitrogen and oxygen atoms in total. The van der Waals surface area contributed by atoms with E-state index in [1.807, 2.05) is 12.1 Å². The molecular weight excluding hydrogens is 399 g/mol. The van der Waals surface area contributed by atoms with E-state index in [1.54, 1.807) is 31.0 Å². The van der Waals surface area contributed by atoms with Crippen LogP contribution in [0.2, 0.25) is 0 Å². The zero-order valence-electron chi connectivity index (χ0n) is 17.3. The zero-order valence-corrected chi connectivity index (χ0v) is 18.1. The Bertz CT molecular complexity index is 937. The van der Waals surface area contributed by atoms with Crippen molar-refractivity contribution in [3.05, 3.63) is 65.7 Å². The van der Waals surface area contributed by atoms with Gasteiger partial charge in [-0.3, -0.25) is 9.47 Å². The number of rotatable bonds is 8. The van der Waals surface area contributed by atoms with E-state index in [1.165, 1.54) is 37.0 Å². The van der Waals surface area contributed by atoms with Gasteiger partial charge in [0.2, 0.25) is 0 Å². The number of likely N-dealkylation sites (tertiary alicyclic amines) is 1. The molecule has 0 saturated carbocycles. The van der Waals surface area contributed by atoms with Crippen molar-refractivity contribution in [2.45, 2.75) is 37.4 Å². The number of nitrogens with zero attached hydrogens (tertiary/aromatic N) is 4. The summed E-state index contributed by atoms with van der Waals surface area (Å²) < 4.78 is 20.8. The molecular formula is C23H27FN4OS. The first-order chi connectivity index (χ1) is 14.7. The van der Waals surface area contributed by atoms with Gasteiger partial charge >= 0.3 is 0 Å². The normalized spacial score (nSPS) is 14.7. The van der Waals surface area contributed by atoms with Gasteiger partial charge < -0.3 is 4.74 Å². The standard InChI is InChI=1S/C23H27FN4OS/c1-29-21-11-5-18(6-12-21)13-16-30-23-26-25-22(17-27-14-3-2-4-15-27)28(23)20-9-7-19(24)8-10-20/h5-12H,2-4,13-17H2,1H3. The second-order valence-corrected chi connectivity index (χ2v) is 8.56. The highest BCUT2D eigenvalue weighted by Gasteiger charge is 2.18. The molecule has 30 heavy (non-hydrogen) atoms. The highest BCUT2D eigenvalue weighted by Crippen LogP contribution is 2.25. The molecule has 158 valence electrons. The van der Waals surface area contributed by atoms with E-state index in [0.29, 0.717) is 0 Å². The van der Waals surface area contributed by atoms with E-state index in [2.05, 4.69) is 31.8 Å². The van der Waals surface area contributed by atoms with Crippen molar-refractivity contribution in [2.75, 3.05) is 26.0 Å². The maximum absolute atomic E-state index is 13.5. The van der Waals surface area contributed by atoms with Gasteiger partial charge in [0.1, 0.15) is 11.6 Å². The molecule has 0 radical (unpaired) electrons. The van der Waals surface area contributed by atoms with Crippen LogP contribution < -0.4 is 4.74 Å². The van der Waals surface area contributed by atoms with Crippen LogP contribution in [0.1, 0.15) is 30.7 Å². The molecule has 0 aliphatic carbocycles. The fourth-order valence-electron chi connectivity index (χ4n) is 3.72. The Morgan fingerprint density at radius 2 is 1.70 bits per heavy atom. The van der Waals surface area contributed by atoms with Crippen LogP contribution in [0.4, 0.5) is 4.39 Å². The second-order valence-electron chi connectivity index (χ2n) is 7.49. The summed E-state index contributed by atoms with van der Waals surface area (Å²) in [6, 6.07) is 14.7. The topological polar surface area (TPSA) is 43.2 Å². The first-order valence-electron chi connectivity index (χ1n) is 10.4. The quantitative estimate of drug-likeness (QED) is 0.487. The number of benzene rings is 2. The maximum Gasteiger partial charge on any atom is 0.195 e. The lowest BCUT2D eigenvalue weighted by molar-refractivity contribution is 0.214. The van der Waals surface area contributed by atoms with Crippen molar-refractivity contribution in [3.8, 4) is 11.4 Å². The summed E-state index contributed by atoms with van der Waals surface area (Å²) >= 11 is 1.68. The van der Waals surface area contributed by atoms with Crippen LogP contribution in [-0.4, -0.2) is 45.6 Å². The van der Waals surface area contributed by atoms with Gasteiger partial charge in [-0.1, -0.05) is 30.3 Å². The van der Waals surface area contributed by atoms with Crippen molar-refractivity contribution >= 4 is 11.8 Å². The molecule has 2 aromatic carbocycles. The van der Waals surface area contributed by atoms with Crippen molar-refractivity contribution in [3.63, 3.8) is 0 Å². The van der Waals surface area contributed by atoms with Crippen molar-refractivity contribution in [2.24, 2.45) is 0 Å². The Hall–Kier alpha value is -2.38. The van der Waals surface area contributed by atoms with Gasteiger partial charge in [0.25, 0.3) is 0 Å².